The van der Waals surface area contributed by atoms with Crippen LogP contribution >= 0.6 is 0 Å². The summed E-state index contributed by atoms with van der Waals surface area (Å²) in [4.78, 5) is 68.4. The van der Waals surface area contributed by atoms with Gasteiger partial charge in [0.15, 0.2) is 0 Å². The number of carbonyl (C=O) groups excluding carboxylic acids is 5. The van der Waals surface area contributed by atoms with Gasteiger partial charge in [0, 0.05) is 38.2 Å². The van der Waals surface area contributed by atoms with Gasteiger partial charge in [0.25, 0.3) is 5.91 Å². The highest BCUT2D eigenvalue weighted by Crippen LogP contribution is 2.22. The number of hydrogen-bond donors (Lipinski definition) is 4. The van der Waals surface area contributed by atoms with Gasteiger partial charge < -0.3 is 26.2 Å². The molecule has 0 spiro atoms. The first-order valence-corrected chi connectivity index (χ1v) is 15.9. The lowest BCUT2D eigenvalue weighted by Crippen LogP contribution is -2.57. The highest BCUT2D eigenvalue weighted by Gasteiger charge is 2.32. The van der Waals surface area contributed by atoms with E-state index in [1.54, 1.807) is 24.0 Å². The topological polar surface area (TPSA) is 137 Å². The average molecular weight is 654 g/mol. The van der Waals surface area contributed by atoms with Crippen molar-refractivity contribution >= 4 is 29.5 Å². The SMILES string of the molecule is C[C@H](NC(=O)N1Cc2ccccc2C1)C(=O)N[C@@H](Cc1ccccc1)C(=O)N[C@@H](Cc1ccccc1)C(=O)C(=O)NCc1ccccc1.[HH].[HH].[HH].[HH]. The van der Waals surface area contributed by atoms with Gasteiger partial charge in [-0.3, -0.25) is 19.2 Å². The number of urea groups is 1. The lowest BCUT2D eigenvalue weighted by molar-refractivity contribution is -0.140. The molecule has 0 saturated heterocycles. The zero-order chi connectivity index (χ0) is 33.9. The molecule has 5 amide bonds. The van der Waals surface area contributed by atoms with Crippen molar-refractivity contribution in [1.29, 1.82) is 0 Å². The zero-order valence-electron chi connectivity index (χ0n) is 26.7. The molecule has 0 saturated carbocycles. The maximum Gasteiger partial charge on any atom is 0.318 e. The van der Waals surface area contributed by atoms with E-state index in [1.807, 2.05) is 103 Å². The fourth-order valence-corrected chi connectivity index (χ4v) is 5.53. The fourth-order valence-electron chi connectivity index (χ4n) is 5.53. The monoisotopic (exact) mass is 653 g/mol. The molecular formula is C38H47N5O5. The lowest BCUT2D eigenvalue weighted by Gasteiger charge is -2.25. The molecule has 4 aromatic carbocycles. The fraction of sp³-hybridized carbons (Fsp3) is 0.237. The summed E-state index contributed by atoms with van der Waals surface area (Å²) >= 11 is 0. The van der Waals surface area contributed by atoms with Crippen molar-refractivity contribution in [3.63, 3.8) is 0 Å². The van der Waals surface area contributed by atoms with Crippen LogP contribution in [0.3, 0.4) is 0 Å². The minimum absolute atomic E-state index is 0. The number of benzene rings is 4. The van der Waals surface area contributed by atoms with Crippen molar-refractivity contribution in [2.45, 2.75) is 57.5 Å². The molecule has 3 atom stereocenters. The Morgan fingerprint density at radius 2 is 1.06 bits per heavy atom. The molecule has 0 fully saturated rings. The van der Waals surface area contributed by atoms with E-state index in [1.165, 1.54) is 0 Å². The van der Waals surface area contributed by atoms with Gasteiger partial charge in [-0.05, 0) is 34.7 Å². The van der Waals surface area contributed by atoms with Gasteiger partial charge in [-0.15, -0.1) is 0 Å². The molecule has 0 radical (unpaired) electrons. The predicted octanol–water partition coefficient (Wildman–Crippen LogP) is 4.42. The Labute approximate surface area is 285 Å². The van der Waals surface area contributed by atoms with Crippen molar-refractivity contribution < 1.29 is 29.7 Å². The second kappa shape index (κ2) is 16.2. The normalized spacial score (nSPS) is 13.7. The number of carbonyl (C=O) groups is 5. The highest BCUT2D eigenvalue weighted by molar-refractivity contribution is 6.38. The van der Waals surface area contributed by atoms with Crippen LogP contribution in [0.25, 0.3) is 0 Å². The number of amides is 5. The smallest absolute Gasteiger partial charge is 0.318 e. The third-order valence-corrected chi connectivity index (χ3v) is 8.21. The van der Waals surface area contributed by atoms with Crippen molar-refractivity contribution in [2.24, 2.45) is 0 Å². The van der Waals surface area contributed by atoms with Crippen LogP contribution in [-0.2, 0) is 51.7 Å². The summed E-state index contributed by atoms with van der Waals surface area (Å²) in [5.41, 5.74) is 4.45. The van der Waals surface area contributed by atoms with Crippen LogP contribution in [0.5, 0.6) is 0 Å². The summed E-state index contributed by atoms with van der Waals surface area (Å²) in [5, 5.41) is 10.9. The molecule has 0 aromatic heterocycles. The summed E-state index contributed by atoms with van der Waals surface area (Å²) < 4.78 is 0. The van der Waals surface area contributed by atoms with E-state index in [0.717, 1.165) is 27.8 Å². The predicted molar refractivity (Wildman–Crippen MR) is 190 cm³/mol. The van der Waals surface area contributed by atoms with Crippen LogP contribution in [-0.4, -0.2) is 52.6 Å². The van der Waals surface area contributed by atoms with Crippen molar-refractivity contribution in [3.05, 3.63) is 143 Å². The summed E-state index contributed by atoms with van der Waals surface area (Å²) in [5.74, 6) is -2.84. The van der Waals surface area contributed by atoms with Crippen LogP contribution < -0.4 is 21.3 Å². The quantitative estimate of drug-likeness (QED) is 0.158. The van der Waals surface area contributed by atoms with Crippen molar-refractivity contribution in [3.8, 4) is 0 Å². The van der Waals surface area contributed by atoms with Crippen LogP contribution in [0.15, 0.2) is 115 Å². The summed E-state index contributed by atoms with van der Waals surface area (Å²) in [6.45, 7) is 2.57. The standard InChI is InChI=1S/C38H39N5O5.4H2/c1-26(40-38(48)43-24-30-19-11-12-20-31(30)25-43)35(45)42-33(22-28-15-7-3-8-16-28)36(46)41-32(21-27-13-5-2-6-14-27)34(44)37(47)39-23-29-17-9-4-10-18-29;;;;/h2-20,26,32-33H,21-25H2,1H3,(H,39,47)(H,40,48)(H,41,46)(H,42,45);4*1H/t26-,32-,33-;;;;/m0..../s1. The average Bonchev–Trinajstić information content (AvgIpc) is 3.56. The van der Waals surface area contributed by atoms with E-state index in [2.05, 4.69) is 21.3 Å². The van der Waals surface area contributed by atoms with Crippen LogP contribution in [0.1, 0.15) is 40.4 Å². The summed E-state index contributed by atoms with van der Waals surface area (Å²) in [7, 11) is 0. The summed E-state index contributed by atoms with van der Waals surface area (Å²) in [6, 6.07) is 31.5. The van der Waals surface area contributed by atoms with E-state index in [0.29, 0.717) is 13.1 Å². The summed E-state index contributed by atoms with van der Waals surface area (Å²) in [6.07, 6.45) is 0.188. The molecule has 0 bridgehead atoms. The molecule has 1 heterocycles. The Kier molecular flexibility index (Phi) is 11.3. The maximum atomic E-state index is 13.9. The lowest BCUT2D eigenvalue weighted by atomic mass is 9.99. The first kappa shape index (κ1) is 33.6. The van der Waals surface area contributed by atoms with Gasteiger partial charge >= 0.3 is 6.03 Å². The van der Waals surface area contributed by atoms with Crippen molar-refractivity contribution in [1.82, 2.24) is 26.2 Å². The van der Waals surface area contributed by atoms with E-state index in [-0.39, 0.29) is 25.1 Å². The zero-order valence-corrected chi connectivity index (χ0v) is 26.7. The molecule has 254 valence electrons. The molecule has 4 N–H and O–H groups in total. The number of ketones is 1. The molecule has 1 aliphatic heterocycles. The molecule has 10 nitrogen and oxygen atoms in total. The number of fused-ring (bicyclic) bond motifs is 1. The Balaban J connectivity index is 0.00000338. The Morgan fingerprint density at radius 3 is 1.60 bits per heavy atom. The molecule has 0 aliphatic carbocycles. The van der Waals surface area contributed by atoms with Gasteiger partial charge in [0.2, 0.25) is 17.6 Å². The Hall–Kier alpha value is -5.77. The molecule has 4 aromatic rings. The van der Waals surface area contributed by atoms with Crippen molar-refractivity contribution in [2.75, 3.05) is 0 Å². The van der Waals surface area contributed by atoms with Crippen LogP contribution in [0, 0.1) is 0 Å². The van der Waals surface area contributed by atoms with Gasteiger partial charge in [-0.2, -0.15) is 0 Å². The second-order valence-electron chi connectivity index (χ2n) is 11.8. The molecule has 5 rings (SSSR count). The van der Waals surface area contributed by atoms with Gasteiger partial charge in [0.1, 0.15) is 18.1 Å². The maximum absolute atomic E-state index is 13.9. The highest BCUT2D eigenvalue weighted by atomic mass is 16.2. The minimum atomic E-state index is -1.19. The molecule has 48 heavy (non-hydrogen) atoms. The molecule has 1 aliphatic rings. The number of nitrogens with one attached hydrogen (secondary N) is 4. The number of nitrogens with zero attached hydrogens (tertiary/aromatic N) is 1. The van der Waals surface area contributed by atoms with Crippen LogP contribution in [0.4, 0.5) is 4.79 Å². The van der Waals surface area contributed by atoms with Crippen LogP contribution in [0.2, 0.25) is 0 Å². The van der Waals surface area contributed by atoms with E-state index >= 15 is 0 Å². The third-order valence-electron chi connectivity index (χ3n) is 8.21. The van der Waals surface area contributed by atoms with Gasteiger partial charge in [-0.1, -0.05) is 115 Å². The molecule has 10 heteroatoms. The Morgan fingerprint density at radius 1 is 0.604 bits per heavy atom. The van der Waals surface area contributed by atoms with E-state index in [9.17, 15) is 24.0 Å². The molecule has 0 unspecified atom stereocenters. The number of hydrogen-bond acceptors (Lipinski definition) is 5. The number of Topliss-reactive ketones (excluding diaryl/α,β-unsaturated/α-hetero) is 1. The third kappa shape index (κ3) is 9.16. The largest absolute Gasteiger partial charge is 0.345 e. The first-order chi connectivity index (χ1) is 23.3. The number of rotatable bonds is 13. The molecular weight excluding hydrogens is 606 g/mol. The van der Waals surface area contributed by atoms with Gasteiger partial charge in [-0.25, -0.2) is 4.79 Å². The van der Waals surface area contributed by atoms with Gasteiger partial charge in [0.05, 0.1) is 0 Å². The second-order valence-corrected chi connectivity index (χ2v) is 11.8. The Bertz CT molecular complexity index is 1730. The van der Waals surface area contributed by atoms with E-state index < -0.39 is 47.7 Å². The van der Waals surface area contributed by atoms with E-state index in [4.69, 9.17) is 0 Å². The first-order valence-electron chi connectivity index (χ1n) is 15.9. The minimum Gasteiger partial charge on any atom is -0.345 e.